The van der Waals surface area contributed by atoms with E-state index in [1.807, 2.05) is 11.8 Å². The highest BCUT2D eigenvalue weighted by Gasteiger charge is 2.02. The Kier molecular flexibility index (Phi) is 8.07. The SMILES string of the molecule is COCCSC(C)CNC(C)C. The summed E-state index contributed by atoms with van der Waals surface area (Å²) >= 11 is 1.96. The summed E-state index contributed by atoms with van der Waals surface area (Å²) in [5.74, 6) is 1.09. The molecule has 0 radical (unpaired) electrons. The summed E-state index contributed by atoms with van der Waals surface area (Å²) in [4.78, 5) is 0. The molecule has 1 N–H and O–H groups in total. The minimum atomic E-state index is 0.593. The molecule has 0 heterocycles. The largest absolute Gasteiger partial charge is 0.384 e. The van der Waals surface area contributed by atoms with Crippen molar-refractivity contribution in [3.05, 3.63) is 0 Å². The van der Waals surface area contributed by atoms with Crippen molar-refractivity contribution in [1.29, 1.82) is 0 Å². The lowest BCUT2D eigenvalue weighted by Gasteiger charge is -2.14. The average molecular weight is 191 g/mol. The predicted octanol–water partition coefficient (Wildman–Crippen LogP) is 1.75. The van der Waals surface area contributed by atoms with Gasteiger partial charge in [0.05, 0.1) is 6.61 Å². The highest BCUT2D eigenvalue weighted by Crippen LogP contribution is 2.08. The summed E-state index contributed by atoms with van der Waals surface area (Å²) < 4.78 is 4.98. The van der Waals surface area contributed by atoms with Crippen LogP contribution < -0.4 is 5.32 Å². The van der Waals surface area contributed by atoms with Crippen LogP contribution >= 0.6 is 11.8 Å². The molecule has 0 saturated heterocycles. The Labute approximate surface area is 80.4 Å². The van der Waals surface area contributed by atoms with E-state index in [-0.39, 0.29) is 0 Å². The van der Waals surface area contributed by atoms with Gasteiger partial charge in [0.1, 0.15) is 0 Å². The fraction of sp³-hybridized carbons (Fsp3) is 1.00. The lowest BCUT2D eigenvalue weighted by atomic mass is 10.3. The van der Waals surface area contributed by atoms with Crippen LogP contribution in [0.1, 0.15) is 20.8 Å². The molecule has 1 unspecified atom stereocenters. The van der Waals surface area contributed by atoms with E-state index >= 15 is 0 Å². The molecule has 1 atom stereocenters. The van der Waals surface area contributed by atoms with Crippen LogP contribution in [0.5, 0.6) is 0 Å². The first-order chi connectivity index (χ1) is 5.66. The number of thioether (sulfide) groups is 1. The van der Waals surface area contributed by atoms with Gasteiger partial charge < -0.3 is 10.1 Å². The second-order valence-corrected chi connectivity index (χ2v) is 4.78. The van der Waals surface area contributed by atoms with Gasteiger partial charge in [-0.25, -0.2) is 0 Å². The number of ether oxygens (including phenoxy) is 1. The molecule has 0 aliphatic rings. The molecule has 0 amide bonds. The van der Waals surface area contributed by atoms with E-state index in [1.165, 1.54) is 0 Å². The molecule has 0 aromatic rings. The molecular weight excluding hydrogens is 170 g/mol. The Bertz CT molecular complexity index is 98.5. The Morgan fingerprint density at radius 2 is 2.00 bits per heavy atom. The van der Waals surface area contributed by atoms with E-state index in [4.69, 9.17) is 4.74 Å². The van der Waals surface area contributed by atoms with Crippen molar-refractivity contribution in [3.8, 4) is 0 Å². The molecule has 74 valence electrons. The first kappa shape index (κ1) is 12.3. The van der Waals surface area contributed by atoms with Gasteiger partial charge in [-0.2, -0.15) is 11.8 Å². The number of hydrogen-bond donors (Lipinski definition) is 1. The van der Waals surface area contributed by atoms with Crippen LogP contribution in [0.4, 0.5) is 0 Å². The fourth-order valence-electron chi connectivity index (χ4n) is 0.793. The van der Waals surface area contributed by atoms with E-state index in [9.17, 15) is 0 Å². The molecule has 0 aromatic carbocycles. The first-order valence-electron chi connectivity index (χ1n) is 4.50. The predicted molar refractivity (Wildman–Crippen MR) is 56.9 cm³/mol. The molecule has 0 spiro atoms. The average Bonchev–Trinajstić information content (AvgIpc) is 2.01. The van der Waals surface area contributed by atoms with E-state index < -0.39 is 0 Å². The minimum absolute atomic E-state index is 0.593. The van der Waals surface area contributed by atoms with Crippen LogP contribution in [0, 0.1) is 0 Å². The van der Waals surface area contributed by atoms with Gasteiger partial charge in [0.2, 0.25) is 0 Å². The van der Waals surface area contributed by atoms with E-state index in [0.717, 1.165) is 18.9 Å². The van der Waals surface area contributed by atoms with Gasteiger partial charge in [-0.3, -0.25) is 0 Å². The van der Waals surface area contributed by atoms with Crippen molar-refractivity contribution < 1.29 is 4.74 Å². The quantitative estimate of drug-likeness (QED) is 0.620. The van der Waals surface area contributed by atoms with Crippen molar-refractivity contribution in [1.82, 2.24) is 5.32 Å². The van der Waals surface area contributed by atoms with Gasteiger partial charge in [0, 0.05) is 30.7 Å². The van der Waals surface area contributed by atoms with Crippen LogP contribution in [-0.2, 0) is 4.74 Å². The zero-order valence-corrected chi connectivity index (χ0v) is 9.41. The molecule has 0 aliphatic heterocycles. The zero-order valence-electron chi connectivity index (χ0n) is 8.59. The molecule has 0 rings (SSSR count). The number of nitrogens with one attached hydrogen (secondary N) is 1. The summed E-state index contributed by atoms with van der Waals surface area (Å²) in [6.07, 6.45) is 0. The maximum Gasteiger partial charge on any atom is 0.0553 e. The molecule has 0 aliphatic carbocycles. The standard InChI is InChI=1S/C9H21NOS/c1-8(2)10-7-9(3)12-6-5-11-4/h8-10H,5-7H2,1-4H3. The summed E-state index contributed by atoms with van der Waals surface area (Å²) in [7, 11) is 1.75. The number of rotatable bonds is 7. The molecule has 0 bridgehead atoms. The van der Waals surface area contributed by atoms with Crippen LogP contribution in [0.3, 0.4) is 0 Å². The van der Waals surface area contributed by atoms with Crippen molar-refractivity contribution in [2.24, 2.45) is 0 Å². The molecule has 3 heteroatoms. The third-order valence-corrected chi connectivity index (χ3v) is 2.64. The molecule has 0 saturated carbocycles. The molecule has 12 heavy (non-hydrogen) atoms. The maximum absolute atomic E-state index is 4.98. The van der Waals surface area contributed by atoms with Crippen molar-refractivity contribution in [3.63, 3.8) is 0 Å². The van der Waals surface area contributed by atoms with E-state index in [0.29, 0.717) is 11.3 Å². The number of methoxy groups -OCH3 is 1. The Hall–Kier alpha value is 0.270. The minimum Gasteiger partial charge on any atom is -0.384 e. The van der Waals surface area contributed by atoms with Crippen LogP contribution in [0.25, 0.3) is 0 Å². The monoisotopic (exact) mass is 191 g/mol. The third kappa shape index (κ3) is 8.37. The molecule has 0 fully saturated rings. The van der Waals surface area contributed by atoms with Gasteiger partial charge in [-0.1, -0.05) is 20.8 Å². The lowest BCUT2D eigenvalue weighted by Crippen LogP contribution is -2.29. The summed E-state index contributed by atoms with van der Waals surface area (Å²) in [5, 5.41) is 4.09. The highest BCUT2D eigenvalue weighted by molar-refractivity contribution is 7.99. The highest BCUT2D eigenvalue weighted by atomic mass is 32.2. The summed E-state index contributed by atoms with van der Waals surface area (Å²) in [6.45, 7) is 8.54. The van der Waals surface area contributed by atoms with Gasteiger partial charge in [-0.15, -0.1) is 0 Å². The fourth-order valence-corrected chi connectivity index (χ4v) is 1.67. The molecule has 2 nitrogen and oxygen atoms in total. The third-order valence-electron chi connectivity index (χ3n) is 1.50. The van der Waals surface area contributed by atoms with Crippen LogP contribution in [-0.4, -0.2) is 37.3 Å². The van der Waals surface area contributed by atoms with Gasteiger partial charge in [0.25, 0.3) is 0 Å². The van der Waals surface area contributed by atoms with Crippen LogP contribution in [0.15, 0.2) is 0 Å². The lowest BCUT2D eigenvalue weighted by molar-refractivity contribution is 0.218. The summed E-state index contributed by atoms with van der Waals surface area (Å²) in [5.41, 5.74) is 0. The summed E-state index contributed by atoms with van der Waals surface area (Å²) in [6, 6.07) is 0.593. The zero-order chi connectivity index (χ0) is 9.40. The smallest absolute Gasteiger partial charge is 0.0553 e. The number of hydrogen-bond acceptors (Lipinski definition) is 3. The van der Waals surface area contributed by atoms with E-state index in [2.05, 4.69) is 26.1 Å². The Morgan fingerprint density at radius 3 is 2.50 bits per heavy atom. The second-order valence-electron chi connectivity index (χ2n) is 3.24. The van der Waals surface area contributed by atoms with Crippen molar-refractivity contribution in [2.75, 3.05) is 26.0 Å². The van der Waals surface area contributed by atoms with Gasteiger partial charge in [-0.05, 0) is 0 Å². The molecule has 0 aromatic heterocycles. The normalized spacial score (nSPS) is 13.8. The van der Waals surface area contributed by atoms with Crippen molar-refractivity contribution >= 4 is 11.8 Å². The second kappa shape index (κ2) is 7.90. The first-order valence-corrected chi connectivity index (χ1v) is 5.55. The molecular formula is C9H21NOS. The van der Waals surface area contributed by atoms with Gasteiger partial charge in [0.15, 0.2) is 0 Å². The Balaban J connectivity index is 3.15. The Morgan fingerprint density at radius 1 is 1.33 bits per heavy atom. The maximum atomic E-state index is 4.98. The topological polar surface area (TPSA) is 21.3 Å². The van der Waals surface area contributed by atoms with E-state index in [1.54, 1.807) is 7.11 Å². The van der Waals surface area contributed by atoms with Crippen molar-refractivity contribution in [2.45, 2.75) is 32.1 Å². The van der Waals surface area contributed by atoms with Crippen LogP contribution in [0.2, 0.25) is 0 Å². The van der Waals surface area contributed by atoms with Gasteiger partial charge >= 0.3 is 0 Å².